The molecule has 0 aromatic heterocycles. The normalized spacial score (nSPS) is 41.6. The van der Waals surface area contributed by atoms with E-state index >= 15 is 0 Å². The third-order valence-electron chi connectivity index (χ3n) is 5.07. The molecule has 1 saturated carbocycles. The Morgan fingerprint density at radius 3 is 1.48 bits per heavy atom. The molecule has 8 heteroatoms. The molecular weight excluding hydrogens is 404 g/mol. The third-order valence-corrected chi connectivity index (χ3v) is 5.07. The first-order valence-corrected chi connectivity index (χ1v) is 11.5. The molecule has 31 heavy (non-hydrogen) atoms. The maximum Gasteiger partial charge on any atom is 0.186 e. The molecule has 2 heterocycles. The van der Waals surface area contributed by atoms with Gasteiger partial charge >= 0.3 is 0 Å². The van der Waals surface area contributed by atoms with Crippen LogP contribution in [0.5, 0.6) is 0 Å². The molecule has 0 aromatic carbocycles. The van der Waals surface area contributed by atoms with Gasteiger partial charge in [-0.25, -0.2) is 0 Å². The van der Waals surface area contributed by atoms with Crippen LogP contribution in [0.4, 0.5) is 0 Å². The van der Waals surface area contributed by atoms with E-state index in [2.05, 4.69) is 32.4 Å². The Bertz CT molecular complexity index is 451. The Morgan fingerprint density at radius 2 is 1.23 bits per heavy atom. The van der Waals surface area contributed by atoms with E-state index in [1.165, 1.54) is 12.8 Å². The van der Waals surface area contributed by atoms with E-state index in [1.807, 2.05) is 27.7 Å². The second kappa shape index (κ2) is 14.1. The third kappa shape index (κ3) is 12.5. The van der Waals surface area contributed by atoms with Crippen molar-refractivity contribution >= 4 is 0 Å². The number of aliphatic hydroxyl groups excluding tert-OH is 5. The quantitative estimate of drug-likeness (QED) is 0.409. The Kier molecular flexibility index (Phi) is 13.9. The van der Waals surface area contributed by atoms with Gasteiger partial charge in [0.1, 0.15) is 18.3 Å². The average Bonchev–Trinajstić information content (AvgIpc) is 3.24. The van der Waals surface area contributed by atoms with Crippen molar-refractivity contribution in [2.75, 3.05) is 0 Å². The van der Waals surface area contributed by atoms with Crippen molar-refractivity contribution < 1.29 is 39.7 Å². The number of hydrogen-bond acceptors (Lipinski definition) is 8. The van der Waals surface area contributed by atoms with E-state index in [9.17, 15) is 10.2 Å². The van der Waals surface area contributed by atoms with E-state index in [0.29, 0.717) is 6.42 Å². The summed E-state index contributed by atoms with van der Waals surface area (Å²) >= 11 is 0. The first kappa shape index (κ1) is 30.7. The number of hydrogen-bond donors (Lipinski definition) is 5. The number of aliphatic hydroxyl groups is 5. The lowest BCUT2D eigenvalue weighted by molar-refractivity contribution is -0.290. The molecule has 2 saturated heterocycles. The summed E-state index contributed by atoms with van der Waals surface area (Å²) in [7, 11) is 0. The average molecular weight is 453 g/mol. The van der Waals surface area contributed by atoms with Crippen LogP contribution < -0.4 is 0 Å². The second-order valence-corrected chi connectivity index (χ2v) is 9.95. The van der Waals surface area contributed by atoms with Crippen molar-refractivity contribution in [3.63, 3.8) is 0 Å². The molecule has 0 spiro atoms. The summed E-state index contributed by atoms with van der Waals surface area (Å²) in [5.74, 6) is 2.10. The summed E-state index contributed by atoms with van der Waals surface area (Å²) in [6, 6.07) is 0. The molecular formula is C23H48O8. The monoisotopic (exact) mass is 452 g/mol. The zero-order chi connectivity index (χ0) is 24.5. The first-order chi connectivity index (χ1) is 14.1. The van der Waals surface area contributed by atoms with Crippen LogP contribution in [0.15, 0.2) is 0 Å². The summed E-state index contributed by atoms with van der Waals surface area (Å²) in [5, 5.41) is 45.5. The van der Waals surface area contributed by atoms with Gasteiger partial charge in [-0.15, -0.1) is 0 Å². The van der Waals surface area contributed by atoms with Crippen LogP contribution in [0.1, 0.15) is 81.6 Å². The van der Waals surface area contributed by atoms with Crippen LogP contribution in [0.3, 0.4) is 0 Å². The van der Waals surface area contributed by atoms with Crippen molar-refractivity contribution in [2.24, 2.45) is 11.8 Å². The largest absolute Gasteiger partial charge is 0.390 e. The van der Waals surface area contributed by atoms with Gasteiger partial charge in [0, 0.05) is 6.42 Å². The molecule has 188 valence electrons. The highest BCUT2D eigenvalue weighted by Gasteiger charge is 2.39. The lowest BCUT2D eigenvalue weighted by Crippen LogP contribution is -2.50. The Labute approximate surface area is 188 Å². The van der Waals surface area contributed by atoms with Crippen molar-refractivity contribution in [1.82, 2.24) is 0 Å². The van der Waals surface area contributed by atoms with E-state index in [0.717, 1.165) is 11.8 Å². The van der Waals surface area contributed by atoms with E-state index in [4.69, 9.17) is 24.8 Å². The molecule has 0 bridgehead atoms. The maximum atomic E-state index is 9.62. The van der Waals surface area contributed by atoms with Gasteiger partial charge in [-0.3, -0.25) is 0 Å². The summed E-state index contributed by atoms with van der Waals surface area (Å²) < 4.78 is 15.6. The van der Waals surface area contributed by atoms with Crippen LogP contribution in [-0.2, 0) is 14.2 Å². The zero-order valence-corrected chi connectivity index (χ0v) is 20.9. The van der Waals surface area contributed by atoms with E-state index in [1.54, 1.807) is 6.92 Å². The molecule has 10 unspecified atom stereocenters. The van der Waals surface area contributed by atoms with E-state index < -0.39 is 43.1 Å². The summed E-state index contributed by atoms with van der Waals surface area (Å²) in [5.41, 5.74) is -0.386. The molecule has 2 aliphatic heterocycles. The topological polar surface area (TPSA) is 129 Å². The Morgan fingerprint density at radius 1 is 0.774 bits per heavy atom. The molecule has 10 atom stereocenters. The number of rotatable bonds is 1. The number of ether oxygens (including phenoxy) is 3. The highest BCUT2D eigenvalue weighted by atomic mass is 16.7. The highest BCUT2D eigenvalue weighted by Crippen LogP contribution is 2.36. The molecule has 0 aromatic rings. The van der Waals surface area contributed by atoms with Gasteiger partial charge in [0.05, 0.1) is 23.9 Å². The molecule has 3 fully saturated rings. The van der Waals surface area contributed by atoms with E-state index in [-0.39, 0.29) is 11.7 Å². The van der Waals surface area contributed by atoms with Crippen LogP contribution in [-0.4, -0.2) is 80.3 Å². The molecule has 3 aliphatic rings. The van der Waals surface area contributed by atoms with Crippen molar-refractivity contribution in [1.29, 1.82) is 0 Å². The minimum absolute atomic E-state index is 0.0826. The second-order valence-electron chi connectivity index (χ2n) is 9.95. The van der Waals surface area contributed by atoms with Gasteiger partial charge in [-0.1, -0.05) is 34.1 Å². The van der Waals surface area contributed by atoms with Gasteiger partial charge in [-0.2, -0.15) is 0 Å². The van der Waals surface area contributed by atoms with Crippen LogP contribution >= 0.6 is 0 Å². The van der Waals surface area contributed by atoms with Gasteiger partial charge in [0.15, 0.2) is 12.6 Å². The highest BCUT2D eigenvalue weighted by molar-refractivity contribution is 4.82. The molecule has 0 amide bonds. The first-order valence-electron chi connectivity index (χ1n) is 11.5. The summed E-state index contributed by atoms with van der Waals surface area (Å²) in [4.78, 5) is 0. The molecule has 0 radical (unpaired) electrons. The van der Waals surface area contributed by atoms with Gasteiger partial charge in [-0.05, 0) is 52.9 Å². The lowest BCUT2D eigenvalue weighted by atomic mass is 10.0. The lowest BCUT2D eigenvalue weighted by Gasteiger charge is -2.38. The molecule has 8 nitrogen and oxygen atoms in total. The fourth-order valence-corrected chi connectivity index (χ4v) is 2.81. The summed E-state index contributed by atoms with van der Waals surface area (Å²) in [6.45, 7) is 17.9. The van der Waals surface area contributed by atoms with Crippen LogP contribution in [0.2, 0.25) is 0 Å². The minimum atomic E-state index is -1.23. The predicted molar refractivity (Wildman–Crippen MR) is 119 cm³/mol. The van der Waals surface area contributed by atoms with Gasteiger partial charge in [0.25, 0.3) is 0 Å². The zero-order valence-electron chi connectivity index (χ0n) is 20.9. The van der Waals surface area contributed by atoms with Crippen LogP contribution in [0, 0.1) is 11.8 Å². The van der Waals surface area contributed by atoms with Gasteiger partial charge < -0.3 is 39.7 Å². The van der Waals surface area contributed by atoms with Crippen LogP contribution in [0.25, 0.3) is 0 Å². The minimum Gasteiger partial charge on any atom is -0.390 e. The molecule has 5 N–H and O–H groups in total. The maximum absolute atomic E-state index is 9.62. The SMILES string of the molecule is CC1CC(O)C(O)C(OC(C)(C)C)O1.CC1CC1C.CC1OC(O)C(O)C1O.CCC. The Hall–Kier alpha value is -0.320. The van der Waals surface area contributed by atoms with Gasteiger partial charge in [0.2, 0.25) is 0 Å². The molecule has 1 aliphatic carbocycles. The molecule has 3 rings (SSSR count). The van der Waals surface area contributed by atoms with Crippen molar-refractivity contribution in [2.45, 2.75) is 136 Å². The standard InChI is InChI=1S/C10H20O4.C5H10O4.C5H10.C3H8/c1-6-5-7(11)8(12)9(13-6)14-10(2,3)4;1-2-3(6)4(7)5(8)9-2;1-4-3-5(4)2;1-3-2/h6-9,11-12H,5H2,1-4H3;2-8H,1H3;4-5H,3H2,1-2H3;3H2,1-2H3. The predicted octanol–water partition coefficient (Wildman–Crippen LogP) is 2.18. The Balaban J connectivity index is 0.000000449. The fourth-order valence-electron chi connectivity index (χ4n) is 2.81. The van der Waals surface area contributed by atoms with Crippen molar-refractivity contribution in [3.05, 3.63) is 0 Å². The summed E-state index contributed by atoms with van der Waals surface area (Å²) in [6.07, 6.45) is -3.17. The fraction of sp³-hybridized carbons (Fsp3) is 1.00. The van der Waals surface area contributed by atoms with Crippen molar-refractivity contribution in [3.8, 4) is 0 Å². The smallest absolute Gasteiger partial charge is 0.186 e.